The summed E-state index contributed by atoms with van der Waals surface area (Å²) in [7, 11) is 15.8. The summed E-state index contributed by atoms with van der Waals surface area (Å²) in [6, 6.07) is 0. The highest BCUT2D eigenvalue weighted by atomic mass is 15.3. The third-order valence-electron chi connectivity index (χ3n) is 20.5. The Labute approximate surface area is 439 Å². The van der Waals surface area contributed by atoms with Gasteiger partial charge in [0.15, 0.2) is 0 Å². The van der Waals surface area contributed by atoms with Crippen LogP contribution in [-0.4, -0.2) is 246 Å². The maximum Gasteiger partial charge on any atom is 0.0336 e. The van der Waals surface area contributed by atoms with Gasteiger partial charge < -0.3 is 50.7 Å². The van der Waals surface area contributed by atoms with Gasteiger partial charge in [0, 0.05) is 72.5 Å². The molecule has 12 aliphatic heterocycles. The Morgan fingerprint density at radius 1 is 0.282 bits per heavy atom. The normalized spacial score (nSPS) is 39.0. The monoisotopic (exact) mass is 995 g/mol. The van der Waals surface area contributed by atoms with Crippen LogP contribution in [0.2, 0.25) is 0 Å². The lowest BCUT2D eigenvalue weighted by Crippen LogP contribution is -2.59. The summed E-state index contributed by atoms with van der Waals surface area (Å²) in [5.41, 5.74) is 3.19. The molecule has 6 unspecified atom stereocenters. The van der Waals surface area contributed by atoms with Crippen LogP contribution in [0.4, 0.5) is 0 Å². The average molecular weight is 996 g/mol. The topological polar surface area (TPSA) is 74.0 Å². The minimum atomic E-state index is 0.505. The second-order valence-electron chi connectivity index (χ2n) is 26.7. The zero-order chi connectivity index (χ0) is 50.3. The average Bonchev–Trinajstić information content (AvgIpc) is 4.18. The first-order chi connectivity index (χ1) is 34.2. The van der Waals surface area contributed by atoms with Crippen molar-refractivity contribution in [1.29, 1.82) is 0 Å². The van der Waals surface area contributed by atoms with Gasteiger partial charge in [-0.15, -0.1) is 0 Å². The van der Waals surface area contributed by atoms with E-state index in [4.69, 9.17) is 0 Å². The van der Waals surface area contributed by atoms with Gasteiger partial charge in [-0.25, -0.2) is 0 Å². The Hall–Kier alpha value is -0.480. The van der Waals surface area contributed by atoms with Crippen LogP contribution in [0.1, 0.15) is 174 Å². The molecular weight excluding hydrogens is 877 g/mol. The molecule has 0 saturated carbocycles. The number of hydrogen-bond acceptors (Lipinski definition) is 12. The molecule has 0 aliphatic carbocycles. The van der Waals surface area contributed by atoms with Crippen molar-refractivity contribution in [3.8, 4) is 0 Å². The van der Waals surface area contributed by atoms with E-state index in [2.05, 4.69) is 117 Å². The van der Waals surface area contributed by atoms with Crippen molar-refractivity contribution in [2.45, 2.75) is 207 Å². The van der Waals surface area contributed by atoms with Crippen molar-refractivity contribution < 1.29 is 0 Å². The molecular formula is C59H118N12. The number of rotatable bonds is 1. The summed E-state index contributed by atoms with van der Waals surface area (Å²) in [6.07, 6.45) is 36.5. The number of nitrogens with one attached hydrogen (secondary N) is 4. The molecule has 0 amide bonds. The molecule has 414 valence electrons. The number of likely N-dealkylation sites (N-methyl/N-ethyl adjacent to an activating group) is 8. The van der Waals surface area contributed by atoms with Crippen LogP contribution in [0.3, 0.4) is 0 Å². The Kier molecular flexibility index (Phi) is 22.7. The molecule has 4 N–H and O–H groups in total. The molecule has 6 spiro atoms. The molecule has 12 nitrogen and oxygen atoms in total. The van der Waals surface area contributed by atoms with Gasteiger partial charge in [0.1, 0.15) is 0 Å². The molecule has 71 heavy (non-hydrogen) atoms. The number of likely N-dealkylation sites (tertiary alicyclic amines) is 8. The molecule has 6 atom stereocenters. The molecule has 0 aromatic rings. The molecule has 0 aromatic carbocycles. The van der Waals surface area contributed by atoms with Crippen molar-refractivity contribution in [3.63, 3.8) is 0 Å². The van der Waals surface area contributed by atoms with Gasteiger partial charge in [-0.1, -0.05) is 32.6 Å². The fourth-order valence-corrected chi connectivity index (χ4v) is 16.6. The lowest BCUT2D eigenvalue weighted by molar-refractivity contribution is -0.00577. The smallest absolute Gasteiger partial charge is 0.0336 e. The third-order valence-corrected chi connectivity index (χ3v) is 20.5. The van der Waals surface area contributed by atoms with E-state index in [9.17, 15) is 0 Å². The molecule has 12 rings (SSSR count). The number of nitrogens with zero attached hydrogens (tertiary/aromatic N) is 8. The van der Waals surface area contributed by atoms with E-state index < -0.39 is 0 Å². The molecule has 12 aliphatic rings. The third kappa shape index (κ3) is 16.8. The van der Waals surface area contributed by atoms with Crippen LogP contribution in [-0.2, 0) is 0 Å². The van der Waals surface area contributed by atoms with Crippen LogP contribution in [0.15, 0.2) is 0 Å². The molecule has 12 heteroatoms. The zero-order valence-electron chi connectivity index (χ0n) is 48.4. The van der Waals surface area contributed by atoms with E-state index in [1.807, 2.05) is 0 Å². The SMILES string of the molecule is CCN1CCCCC12CCCN(C)C2.CN1CCC2(CCCCN2)C1.CN1CCC2(CCCN2)C1.CN1CCCC2(CCCCN2)C1.CN1CCCC2(CCCCN2C)C1.CN1CCCC2(CCCN2)C1. The molecule has 12 saturated heterocycles. The summed E-state index contributed by atoms with van der Waals surface area (Å²) in [6.45, 7) is 26.6. The standard InChI is InChI=1S/C12H24N2.C11H22N2.C10H20N2.2C9H18N2.C8H16N2/c1-3-14-10-5-4-7-12(14)8-6-9-13(2)11-12;1-12-8-5-7-11(10-12)6-3-4-9-13(11)2;1-12-8-4-6-10(9-12)5-2-3-7-11-10;1-11-7-3-5-9(8-11)4-2-6-10-9;1-11-7-5-9(8-11)4-2-3-6-10-9;1-10-6-4-8(7-10)3-2-5-9-8/h3-11H2,1-2H3;3-10H2,1-2H3;11H,2-9H2,1H3;2*10H,2-8H2,1H3;9H,2-7H2,1H3. The Balaban J connectivity index is 0.000000126. The highest BCUT2D eigenvalue weighted by Gasteiger charge is 2.43. The molecule has 0 aromatic heterocycles. The highest BCUT2D eigenvalue weighted by Crippen LogP contribution is 2.37. The van der Waals surface area contributed by atoms with Crippen molar-refractivity contribution >= 4 is 0 Å². The van der Waals surface area contributed by atoms with E-state index in [1.54, 1.807) is 0 Å². The van der Waals surface area contributed by atoms with Crippen molar-refractivity contribution in [2.24, 2.45) is 0 Å². The van der Waals surface area contributed by atoms with Crippen LogP contribution < -0.4 is 21.3 Å². The summed E-state index contributed by atoms with van der Waals surface area (Å²) < 4.78 is 0. The minimum absolute atomic E-state index is 0.505. The lowest BCUT2D eigenvalue weighted by atomic mass is 9.80. The summed E-state index contributed by atoms with van der Waals surface area (Å²) in [4.78, 5) is 20.2. The fourth-order valence-electron chi connectivity index (χ4n) is 16.6. The van der Waals surface area contributed by atoms with Gasteiger partial charge in [-0.05, 0) is 276 Å². The minimum Gasteiger partial charge on any atom is -0.310 e. The largest absolute Gasteiger partial charge is 0.310 e. The van der Waals surface area contributed by atoms with Gasteiger partial charge in [0.25, 0.3) is 0 Å². The van der Waals surface area contributed by atoms with Crippen molar-refractivity contribution in [2.75, 3.05) is 174 Å². The van der Waals surface area contributed by atoms with Gasteiger partial charge in [0.05, 0.1) is 0 Å². The summed E-state index contributed by atoms with van der Waals surface area (Å²) >= 11 is 0. The fraction of sp³-hybridized carbons (Fsp3) is 1.00. The van der Waals surface area contributed by atoms with Crippen LogP contribution in [0.5, 0.6) is 0 Å². The van der Waals surface area contributed by atoms with E-state index in [-0.39, 0.29) is 0 Å². The quantitative estimate of drug-likeness (QED) is 0.222. The highest BCUT2D eigenvalue weighted by molar-refractivity contribution is 5.02. The Morgan fingerprint density at radius 2 is 0.606 bits per heavy atom. The van der Waals surface area contributed by atoms with E-state index >= 15 is 0 Å². The maximum atomic E-state index is 3.72. The van der Waals surface area contributed by atoms with Gasteiger partial charge >= 0.3 is 0 Å². The molecule has 0 bridgehead atoms. The van der Waals surface area contributed by atoms with Crippen LogP contribution >= 0.6 is 0 Å². The van der Waals surface area contributed by atoms with Crippen molar-refractivity contribution in [3.05, 3.63) is 0 Å². The summed E-state index contributed by atoms with van der Waals surface area (Å²) in [5.74, 6) is 0. The van der Waals surface area contributed by atoms with E-state index in [0.717, 1.165) is 0 Å². The maximum absolute atomic E-state index is 3.72. The van der Waals surface area contributed by atoms with E-state index in [0.29, 0.717) is 33.2 Å². The van der Waals surface area contributed by atoms with Gasteiger partial charge in [-0.3, -0.25) is 9.80 Å². The van der Waals surface area contributed by atoms with Gasteiger partial charge in [0.2, 0.25) is 0 Å². The molecule has 12 heterocycles. The predicted molar refractivity (Wildman–Crippen MR) is 303 cm³/mol. The number of piperidine rings is 8. The second kappa shape index (κ2) is 27.7. The Morgan fingerprint density at radius 3 is 0.972 bits per heavy atom. The summed E-state index contributed by atoms with van der Waals surface area (Å²) in [5, 5.41) is 14.7. The van der Waals surface area contributed by atoms with Crippen LogP contribution in [0.25, 0.3) is 0 Å². The number of hydrogen-bond donors (Lipinski definition) is 4. The molecule has 12 fully saturated rings. The lowest BCUT2D eigenvalue weighted by Gasteiger charge is -2.51. The van der Waals surface area contributed by atoms with Crippen molar-refractivity contribution in [1.82, 2.24) is 60.5 Å². The van der Waals surface area contributed by atoms with E-state index in [1.165, 1.54) is 291 Å². The second-order valence-corrected chi connectivity index (χ2v) is 26.7. The zero-order valence-corrected chi connectivity index (χ0v) is 48.4. The van der Waals surface area contributed by atoms with Crippen LogP contribution in [0, 0.1) is 0 Å². The first-order valence-corrected chi connectivity index (χ1v) is 30.8. The first-order valence-electron chi connectivity index (χ1n) is 30.8. The van der Waals surface area contributed by atoms with Gasteiger partial charge in [-0.2, -0.15) is 0 Å². The predicted octanol–water partition coefficient (Wildman–Crippen LogP) is 6.86. The Bertz CT molecular complexity index is 1470. The first kappa shape index (κ1) is 58.2. The molecule has 0 radical (unpaired) electrons.